The maximum absolute atomic E-state index is 11.7. The van der Waals surface area contributed by atoms with Crippen LogP contribution in [0.4, 0.5) is 5.82 Å². The van der Waals surface area contributed by atoms with Gasteiger partial charge in [-0.3, -0.25) is 0 Å². The minimum atomic E-state index is -0.325. The Morgan fingerprint density at radius 3 is 2.96 bits per heavy atom. The van der Waals surface area contributed by atoms with Crippen molar-refractivity contribution < 1.29 is 9.53 Å². The summed E-state index contributed by atoms with van der Waals surface area (Å²) in [5.74, 6) is 0.563. The summed E-state index contributed by atoms with van der Waals surface area (Å²) in [5.41, 5.74) is 4.34. The van der Waals surface area contributed by atoms with Gasteiger partial charge in [-0.2, -0.15) is 0 Å². The number of aromatic amines is 1. The quantitative estimate of drug-likeness (QED) is 0.752. The van der Waals surface area contributed by atoms with Gasteiger partial charge in [-0.15, -0.1) is 0 Å². The highest BCUT2D eigenvalue weighted by Crippen LogP contribution is 2.29. The molecule has 5 heteroatoms. The Bertz CT molecular complexity index is 883. The molecule has 122 valence electrons. The number of ether oxygens (including phenoxy) is 1. The molecule has 0 bridgehead atoms. The van der Waals surface area contributed by atoms with Crippen LogP contribution in [-0.2, 0) is 17.7 Å². The first-order valence-corrected chi connectivity index (χ1v) is 8.23. The van der Waals surface area contributed by atoms with E-state index in [1.807, 2.05) is 6.07 Å². The number of benzene rings is 1. The lowest BCUT2D eigenvalue weighted by atomic mass is 10.0. The zero-order valence-electron chi connectivity index (χ0n) is 13.6. The number of nitrogens with zero attached hydrogens (tertiary/aromatic N) is 2. The molecule has 0 amide bonds. The first-order valence-electron chi connectivity index (χ1n) is 8.23. The van der Waals surface area contributed by atoms with E-state index in [0.717, 1.165) is 25.3 Å². The minimum Gasteiger partial charge on any atom is -0.462 e. The number of hydrogen-bond donors (Lipinski definition) is 1. The smallest absolute Gasteiger partial charge is 0.339 e. The van der Waals surface area contributed by atoms with Crippen LogP contribution in [0.3, 0.4) is 0 Å². The Labute approximate surface area is 140 Å². The van der Waals surface area contributed by atoms with Crippen LogP contribution >= 0.6 is 0 Å². The molecule has 1 aliphatic rings. The Morgan fingerprint density at radius 2 is 2.17 bits per heavy atom. The molecule has 24 heavy (non-hydrogen) atoms. The van der Waals surface area contributed by atoms with Crippen LogP contribution < -0.4 is 4.90 Å². The standard InChI is InChI=1S/C19H19N3O2/c1-2-24-19(23)13-7-8-18(20-11-13)22-10-9-17-15(12-22)14-5-3-4-6-16(14)21-17/h3-8,11,21H,2,9-10,12H2,1H3. The molecule has 2 aromatic heterocycles. The summed E-state index contributed by atoms with van der Waals surface area (Å²) in [6, 6.07) is 12.1. The summed E-state index contributed by atoms with van der Waals surface area (Å²) in [7, 11) is 0. The number of para-hydroxylation sites is 1. The van der Waals surface area contributed by atoms with Gasteiger partial charge in [0.25, 0.3) is 0 Å². The average Bonchev–Trinajstić information content (AvgIpc) is 3.00. The molecule has 0 spiro atoms. The Balaban J connectivity index is 1.59. The van der Waals surface area contributed by atoms with Crippen molar-refractivity contribution in [2.75, 3.05) is 18.1 Å². The van der Waals surface area contributed by atoms with E-state index in [1.165, 1.54) is 22.2 Å². The number of esters is 1. The third-order valence-corrected chi connectivity index (χ3v) is 4.47. The van der Waals surface area contributed by atoms with Gasteiger partial charge in [0.1, 0.15) is 5.82 Å². The van der Waals surface area contributed by atoms with Crippen molar-refractivity contribution in [3.63, 3.8) is 0 Å². The van der Waals surface area contributed by atoms with Gasteiger partial charge in [0.15, 0.2) is 0 Å². The molecule has 1 aromatic carbocycles. The SMILES string of the molecule is CCOC(=O)c1ccc(N2CCc3[nH]c4ccccc4c3C2)nc1. The van der Waals surface area contributed by atoms with Crippen molar-refractivity contribution in [1.82, 2.24) is 9.97 Å². The van der Waals surface area contributed by atoms with Gasteiger partial charge in [-0.1, -0.05) is 18.2 Å². The van der Waals surface area contributed by atoms with Crippen molar-refractivity contribution >= 4 is 22.7 Å². The second kappa shape index (κ2) is 6.00. The Kier molecular flexibility index (Phi) is 3.69. The molecule has 0 radical (unpaired) electrons. The summed E-state index contributed by atoms with van der Waals surface area (Å²) in [6.45, 7) is 3.90. The highest BCUT2D eigenvalue weighted by molar-refractivity contribution is 5.89. The van der Waals surface area contributed by atoms with Crippen LogP contribution in [-0.4, -0.2) is 29.1 Å². The van der Waals surface area contributed by atoms with E-state index in [-0.39, 0.29) is 5.97 Å². The van der Waals surface area contributed by atoms with Gasteiger partial charge in [0.05, 0.1) is 12.2 Å². The highest BCUT2D eigenvalue weighted by Gasteiger charge is 2.21. The summed E-state index contributed by atoms with van der Waals surface area (Å²) in [5, 5.41) is 1.28. The van der Waals surface area contributed by atoms with Gasteiger partial charge in [-0.05, 0) is 25.1 Å². The maximum Gasteiger partial charge on any atom is 0.339 e. The Morgan fingerprint density at radius 1 is 1.29 bits per heavy atom. The Hall–Kier alpha value is -2.82. The summed E-state index contributed by atoms with van der Waals surface area (Å²) in [6.07, 6.45) is 2.56. The molecule has 1 N–H and O–H groups in total. The molecule has 0 aliphatic carbocycles. The summed E-state index contributed by atoms with van der Waals surface area (Å²) in [4.78, 5) is 22.0. The fourth-order valence-corrected chi connectivity index (χ4v) is 3.27. The van der Waals surface area contributed by atoms with Crippen molar-refractivity contribution in [2.45, 2.75) is 19.9 Å². The van der Waals surface area contributed by atoms with Gasteiger partial charge in [0, 0.05) is 47.9 Å². The number of nitrogens with one attached hydrogen (secondary N) is 1. The van der Waals surface area contributed by atoms with E-state index in [1.54, 1.807) is 19.2 Å². The number of anilines is 1. The zero-order valence-corrected chi connectivity index (χ0v) is 13.6. The van der Waals surface area contributed by atoms with E-state index in [9.17, 15) is 4.79 Å². The topological polar surface area (TPSA) is 58.2 Å². The molecule has 4 rings (SSSR count). The second-order valence-electron chi connectivity index (χ2n) is 5.92. The first-order chi connectivity index (χ1) is 11.8. The molecule has 0 atom stereocenters. The molecular formula is C19H19N3O2. The molecule has 3 aromatic rings. The predicted molar refractivity (Wildman–Crippen MR) is 93.2 cm³/mol. The molecular weight excluding hydrogens is 302 g/mol. The van der Waals surface area contributed by atoms with Crippen LogP contribution in [0.5, 0.6) is 0 Å². The number of carbonyl (C=O) groups excluding carboxylic acids is 1. The summed E-state index contributed by atoms with van der Waals surface area (Å²) >= 11 is 0. The monoisotopic (exact) mass is 321 g/mol. The molecule has 0 saturated heterocycles. The van der Waals surface area contributed by atoms with Gasteiger partial charge in [0.2, 0.25) is 0 Å². The van der Waals surface area contributed by atoms with Gasteiger partial charge < -0.3 is 14.6 Å². The normalized spacial score (nSPS) is 13.8. The minimum absolute atomic E-state index is 0.325. The number of hydrogen-bond acceptors (Lipinski definition) is 4. The van der Waals surface area contributed by atoms with Crippen molar-refractivity contribution in [2.24, 2.45) is 0 Å². The zero-order chi connectivity index (χ0) is 16.5. The molecule has 1 aliphatic heterocycles. The molecule has 5 nitrogen and oxygen atoms in total. The molecule has 0 saturated carbocycles. The third kappa shape index (κ3) is 2.52. The second-order valence-corrected chi connectivity index (χ2v) is 5.92. The maximum atomic E-state index is 11.7. The molecule has 3 heterocycles. The first kappa shape index (κ1) is 14.8. The van der Waals surface area contributed by atoms with E-state index in [0.29, 0.717) is 12.2 Å². The predicted octanol–water partition coefficient (Wildman–Crippen LogP) is 3.30. The molecule has 0 unspecified atom stereocenters. The largest absolute Gasteiger partial charge is 0.462 e. The van der Waals surface area contributed by atoms with E-state index in [4.69, 9.17) is 4.74 Å². The lowest BCUT2D eigenvalue weighted by molar-refractivity contribution is 0.0526. The van der Waals surface area contributed by atoms with Gasteiger partial charge >= 0.3 is 5.97 Å². The fourth-order valence-electron chi connectivity index (χ4n) is 3.27. The van der Waals surface area contributed by atoms with Crippen LogP contribution in [0, 0.1) is 0 Å². The number of rotatable bonds is 3. The molecule has 0 fully saturated rings. The van der Waals surface area contributed by atoms with E-state index < -0.39 is 0 Å². The van der Waals surface area contributed by atoms with Crippen molar-refractivity contribution in [3.8, 4) is 0 Å². The van der Waals surface area contributed by atoms with Crippen LogP contribution in [0.1, 0.15) is 28.5 Å². The third-order valence-electron chi connectivity index (χ3n) is 4.47. The highest BCUT2D eigenvalue weighted by atomic mass is 16.5. The van der Waals surface area contributed by atoms with E-state index in [2.05, 4.69) is 39.1 Å². The average molecular weight is 321 g/mol. The van der Waals surface area contributed by atoms with Gasteiger partial charge in [-0.25, -0.2) is 9.78 Å². The fraction of sp³-hybridized carbons (Fsp3) is 0.263. The number of carbonyl (C=O) groups is 1. The lowest BCUT2D eigenvalue weighted by Crippen LogP contribution is -2.30. The van der Waals surface area contributed by atoms with Crippen LogP contribution in [0.25, 0.3) is 10.9 Å². The van der Waals surface area contributed by atoms with Crippen molar-refractivity contribution in [3.05, 3.63) is 59.4 Å². The van der Waals surface area contributed by atoms with Crippen molar-refractivity contribution in [1.29, 1.82) is 0 Å². The summed E-state index contributed by atoms with van der Waals surface area (Å²) < 4.78 is 5.00. The lowest BCUT2D eigenvalue weighted by Gasteiger charge is -2.28. The number of aromatic nitrogens is 2. The van der Waals surface area contributed by atoms with Crippen LogP contribution in [0.2, 0.25) is 0 Å². The number of H-pyrrole nitrogens is 1. The van der Waals surface area contributed by atoms with Crippen LogP contribution in [0.15, 0.2) is 42.6 Å². The van der Waals surface area contributed by atoms with E-state index >= 15 is 0 Å². The number of pyridine rings is 1. The number of fused-ring (bicyclic) bond motifs is 3.